The molecule has 28 heavy (non-hydrogen) atoms. The third kappa shape index (κ3) is 4.20. The lowest BCUT2D eigenvalue weighted by molar-refractivity contribution is -0.138. The molecule has 0 saturated heterocycles. The number of anilines is 1. The number of aromatic nitrogens is 2. The molecule has 0 unspecified atom stereocenters. The Morgan fingerprint density at radius 1 is 1.07 bits per heavy atom. The number of amides is 1. The maximum absolute atomic E-state index is 12.4. The molecular weight excluding hydrogens is 358 g/mol. The molecule has 2 aromatic carbocycles. The van der Waals surface area contributed by atoms with Crippen LogP contribution in [0, 0.1) is 6.92 Å². The Balaban J connectivity index is 2.06. The zero-order valence-electron chi connectivity index (χ0n) is 15.7. The minimum Gasteiger partial charge on any atom is -0.497 e. The number of carbonyl (C=O) groups is 2. The largest absolute Gasteiger partial charge is 0.497 e. The molecule has 1 aromatic heterocycles. The summed E-state index contributed by atoms with van der Waals surface area (Å²) in [6, 6.07) is 16.9. The van der Waals surface area contributed by atoms with Crippen LogP contribution >= 0.6 is 0 Å². The molecule has 0 spiro atoms. The molecule has 0 fully saturated rings. The predicted octanol–water partition coefficient (Wildman–Crippen LogP) is 3.66. The van der Waals surface area contributed by atoms with Crippen molar-refractivity contribution >= 4 is 17.7 Å². The molecule has 0 radical (unpaired) electrons. The van der Waals surface area contributed by atoms with Gasteiger partial charge in [-0.2, -0.15) is 5.10 Å². The number of nitrogens with zero attached hydrogens (tertiary/aromatic N) is 2. The van der Waals surface area contributed by atoms with Crippen molar-refractivity contribution in [2.75, 3.05) is 12.4 Å². The number of nitrogens with one attached hydrogen (secondary N) is 1. The van der Waals surface area contributed by atoms with Gasteiger partial charge in [-0.3, -0.25) is 9.59 Å². The van der Waals surface area contributed by atoms with E-state index in [4.69, 9.17) is 9.84 Å². The molecule has 7 heteroatoms. The van der Waals surface area contributed by atoms with E-state index >= 15 is 0 Å². The Morgan fingerprint density at radius 2 is 1.75 bits per heavy atom. The highest BCUT2D eigenvalue weighted by atomic mass is 16.5. The minimum atomic E-state index is -1.02. The Bertz CT molecular complexity index is 979. The van der Waals surface area contributed by atoms with Gasteiger partial charge in [-0.05, 0) is 36.8 Å². The molecule has 3 rings (SSSR count). The van der Waals surface area contributed by atoms with Crippen LogP contribution in [-0.2, 0) is 9.59 Å². The maximum Gasteiger partial charge on any atom is 0.303 e. The highest BCUT2D eigenvalue weighted by Gasteiger charge is 2.20. The summed E-state index contributed by atoms with van der Waals surface area (Å²) in [6.07, 6.45) is -0.349. The summed E-state index contributed by atoms with van der Waals surface area (Å²) >= 11 is 0. The number of benzene rings is 2. The lowest BCUT2D eigenvalue weighted by Crippen LogP contribution is -2.16. The Labute approximate surface area is 162 Å². The van der Waals surface area contributed by atoms with Gasteiger partial charge >= 0.3 is 5.97 Å². The maximum atomic E-state index is 12.4. The Hall–Kier alpha value is -3.61. The lowest BCUT2D eigenvalue weighted by atomic mass is 10.1. The highest BCUT2D eigenvalue weighted by Crippen LogP contribution is 2.33. The number of carbonyl (C=O) groups excluding carboxylic acids is 1. The zero-order valence-corrected chi connectivity index (χ0v) is 15.7. The minimum absolute atomic E-state index is 0.115. The summed E-state index contributed by atoms with van der Waals surface area (Å²) in [6.45, 7) is 1.87. The van der Waals surface area contributed by atoms with E-state index < -0.39 is 5.97 Å². The van der Waals surface area contributed by atoms with Crippen molar-refractivity contribution in [3.05, 3.63) is 60.3 Å². The van der Waals surface area contributed by atoms with E-state index in [0.29, 0.717) is 11.6 Å². The summed E-state index contributed by atoms with van der Waals surface area (Å²) in [7, 11) is 1.59. The fourth-order valence-electron chi connectivity index (χ4n) is 2.92. The number of aryl methyl sites for hydroxylation is 1. The molecular formula is C21H21N3O4. The molecule has 1 heterocycles. The third-order valence-corrected chi connectivity index (χ3v) is 4.26. The van der Waals surface area contributed by atoms with Gasteiger partial charge in [0.25, 0.3) is 0 Å². The molecule has 0 bridgehead atoms. The number of ether oxygens (including phenoxy) is 1. The summed E-state index contributed by atoms with van der Waals surface area (Å²) in [4.78, 5) is 23.1. The Morgan fingerprint density at radius 3 is 2.36 bits per heavy atom. The van der Waals surface area contributed by atoms with Crippen molar-refractivity contribution in [3.8, 4) is 22.6 Å². The van der Waals surface area contributed by atoms with Crippen molar-refractivity contribution in [3.63, 3.8) is 0 Å². The van der Waals surface area contributed by atoms with Crippen molar-refractivity contribution in [2.24, 2.45) is 0 Å². The first kappa shape index (κ1) is 19.2. The Kier molecular flexibility index (Phi) is 5.74. The summed E-state index contributed by atoms with van der Waals surface area (Å²) in [5.74, 6) is -0.181. The second kappa shape index (κ2) is 8.39. The molecule has 3 aromatic rings. The van der Waals surface area contributed by atoms with Gasteiger partial charge in [0.1, 0.15) is 11.6 Å². The zero-order chi connectivity index (χ0) is 20.1. The van der Waals surface area contributed by atoms with Crippen molar-refractivity contribution in [1.82, 2.24) is 9.78 Å². The van der Waals surface area contributed by atoms with Gasteiger partial charge in [-0.15, -0.1) is 0 Å². The van der Waals surface area contributed by atoms with Crippen LogP contribution in [0.2, 0.25) is 0 Å². The van der Waals surface area contributed by atoms with Gasteiger partial charge in [0.15, 0.2) is 0 Å². The van der Waals surface area contributed by atoms with Crippen LogP contribution in [0.3, 0.4) is 0 Å². The number of carboxylic acids is 1. The number of aliphatic carboxylic acids is 1. The number of hydrogen-bond donors (Lipinski definition) is 2. The molecule has 0 aliphatic heterocycles. The highest BCUT2D eigenvalue weighted by molar-refractivity contribution is 5.96. The SMILES string of the molecule is COc1ccc(-n2nc(C)c(-c3ccccc3)c2NC(=O)CCC(=O)O)cc1. The number of carboxylic acid groups (broad SMARTS) is 1. The fraction of sp³-hybridized carbons (Fsp3) is 0.190. The van der Waals surface area contributed by atoms with Crippen LogP contribution in [-0.4, -0.2) is 33.9 Å². The summed E-state index contributed by atoms with van der Waals surface area (Å²) in [5.41, 5.74) is 3.20. The fourth-order valence-corrected chi connectivity index (χ4v) is 2.92. The van der Waals surface area contributed by atoms with Gasteiger partial charge in [0.05, 0.1) is 24.9 Å². The van der Waals surface area contributed by atoms with Gasteiger partial charge < -0.3 is 15.2 Å². The monoisotopic (exact) mass is 379 g/mol. The smallest absolute Gasteiger partial charge is 0.303 e. The second-order valence-electron chi connectivity index (χ2n) is 6.23. The van der Waals surface area contributed by atoms with Crippen LogP contribution < -0.4 is 10.1 Å². The topological polar surface area (TPSA) is 93.5 Å². The molecule has 144 valence electrons. The standard InChI is InChI=1S/C21H21N3O4/c1-14-20(15-6-4-3-5-7-15)21(22-18(25)12-13-19(26)27)24(23-14)16-8-10-17(28-2)11-9-16/h3-11H,12-13H2,1-2H3,(H,22,25)(H,26,27). The van der Waals surface area contributed by atoms with Crippen molar-refractivity contribution in [2.45, 2.75) is 19.8 Å². The van der Waals surface area contributed by atoms with E-state index in [1.165, 1.54) is 0 Å². The molecule has 0 aliphatic rings. The van der Waals surface area contributed by atoms with Gasteiger partial charge in [-0.1, -0.05) is 30.3 Å². The van der Waals surface area contributed by atoms with Gasteiger partial charge in [0, 0.05) is 12.0 Å². The molecule has 1 amide bonds. The summed E-state index contributed by atoms with van der Waals surface area (Å²) < 4.78 is 6.85. The molecule has 2 N–H and O–H groups in total. The average Bonchev–Trinajstić information content (AvgIpc) is 3.03. The predicted molar refractivity (Wildman–Crippen MR) is 106 cm³/mol. The van der Waals surface area contributed by atoms with E-state index in [1.807, 2.05) is 61.5 Å². The van der Waals surface area contributed by atoms with Crippen LogP contribution in [0.1, 0.15) is 18.5 Å². The van der Waals surface area contributed by atoms with E-state index in [0.717, 1.165) is 22.5 Å². The van der Waals surface area contributed by atoms with Gasteiger partial charge in [0.2, 0.25) is 5.91 Å². The summed E-state index contributed by atoms with van der Waals surface area (Å²) in [5, 5.41) is 16.3. The third-order valence-electron chi connectivity index (χ3n) is 4.26. The van der Waals surface area contributed by atoms with Gasteiger partial charge in [-0.25, -0.2) is 4.68 Å². The first-order chi connectivity index (χ1) is 13.5. The first-order valence-electron chi connectivity index (χ1n) is 8.80. The van der Waals surface area contributed by atoms with E-state index in [2.05, 4.69) is 10.4 Å². The van der Waals surface area contributed by atoms with Crippen LogP contribution in [0.15, 0.2) is 54.6 Å². The quantitative estimate of drug-likeness (QED) is 0.653. The van der Waals surface area contributed by atoms with E-state index in [9.17, 15) is 9.59 Å². The second-order valence-corrected chi connectivity index (χ2v) is 6.23. The van der Waals surface area contributed by atoms with Crippen LogP contribution in [0.4, 0.5) is 5.82 Å². The van der Waals surface area contributed by atoms with Crippen molar-refractivity contribution < 1.29 is 19.4 Å². The van der Waals surface area contributed by atoms with Crippen LogP contribution in [0.25, 0.3) is 16.8 Å². The van der Waals surface area contributed by atoms with E-state index in [1.54, 1.807) is 11.8 Å². The number of rotatable bonds is 7. The number of methoxy groups -OCH3 is 1. The lowest BCUT2D eigenvalue weighted by Gasteiger charge is -2.12. The number of hydrogen-bond acceptors (Lipinski definition) is 4. The van der Waals surface area contributed by atoms with Crippen LogP contribution in [0.5, 0.6) is 5.75 Å². The molecule has 0 aliphatic carbocycles. The molecule has 0 atom stereocenters. The van der Waals surface area contributed by atoms with Crippen molar-refractivity contribution in [1.29, 1.82) is 0 Å². The normalized spacial score (nSPS) is 10.5. The molecule has 0 saturated carbocycles. The average molecular weight is 379 g/mol. The first-order valence-corrected chi connectivity index (χ1v) is 8.80. The van der Waals surface area contributed by atoms with E-state index in [-0.39, 0.29) is 18.7 Å². The molecule has 7 nitrogen and oxygen atoms in total.